The van der Waals surface area contributed by atoms with Crippen molar-refractivity contribution in [3.8, 4) is 0 Å². The third-order valence-corrected chi connectivity index (χ3v) is 3.17. The van der Waals surface area contributed by atoms with E-state index in [1.54, 1.807) is 27.0 Å². The third-order valence-electron chi connectivity index (χ3n) is 2.63. The Hall–Kier alpha value is -1.70. The van der Waals surface area contributed by atoms with E-state index in [0.717, 1.165) is 5.56 Å². The summed E-state index contributed by atoms with van der Waals surface area (Å²) in [6.07, 6.45) is 1.16. The van der Waals surface area contributed by atoms with Gasteiger partial charge in [-0.3, -0.25) is 4.90 Å². The topological polar surface area (TPSA) is 89.5 Å². The number of carbonyl (C=O) groups excluding carboxylic acids is 1. The van der Waals surface area contributed by atoms with Gasteiger partial charge in [0.25, 0.3) is 0 Å². The van der Waals surface area contributed by atoms with E-state index in [-0.39, 0.29) is 11.6 Å². The van der Waals surface area contributed by atoms with Crippen LogP contribution in [0.4, 0.5) is 4.79 Å². The van der Waals surface area contributed by atoms with Crippen molar-refractivity contribution in [1.29, 1.82) is 0 Å². The second kappa shape index (κ2) is 5.35. The Bertz CT molecular complexity index is 599. The Balaban J connectivity index is 2.09. The average molecular weight is 299 g/mol. The van der Waals surface area contributed by atoms with Gasteiger partial charge in [-0.2, -0.15) is 0 Å². The number of nitrogens with zero attached hydrogens (tertiary/aromatic N) is 3. The van der Waals surface area contributed by atoms with Crippen molar-refractivity contribution in [2.75, 3.05) is 0 Å². The fourth-order valence-corrected chi connectivity index (χ4v) is 2.23. The summed E-state index contributed by atoms with van der Waals surface area (Å²) in [4.78, 5) is 21.6. The van der Waals surface area contributed by atoms with Gasteiger partial charge in [0.2, 0.25) is 0 Å². The molecular formula is C12H17N3O4S. The van der Waals surface area contributed by atoms with Crippen LogP contribution >= 0.6 is 0 Å². The van der Waals surface area contributed by atoms with Gasteiger partial charge in [0.05, 0.1) is 18.8 Å². The van der Waals surface area contributed by atoms with Crippen LogP contribution in [0, 0.1) is 0 Å². The second-order valence-corrected chi connectivity index (χ2v) is 6.57. The Morgan fingerprint density at radius 3 is 2.70 bits per heavy atom. The summed E-state index contributed by atoms with van der Waals surface area (Å²) >= 11 is 0. The maximum atomic E-state index is 12.0. The van der Waals surface area contributed by atoms with Gasteiger partial charge in [0.15, 0.2) is 0 Å². The van der Waals surface area contributed by atoms with Crippen molar-refractivity contribution in [3.05, 3.63) is 23.3 Å². The molecule has 0 bridgehead atoms. The van der Waals surface area contributed by atoms with E-state index in [9.17, 15) is 13.2 Å². The van der Waals surface area contributed by atoms with E-state index >= 15 is 0 Å². The van der Waals surface area contributed by atoms with Crippen LogP contribution < -0.4 is 0 Å². The average Bonchev–Trinajstić information content (AvgIpc) is 2.68. The molecule has 1 aromatic rings. The minimum atomic E-state index is -2.56. The maximum Gasteiger partial charge on any atom is 0.410 e. The number of amides is 1. The van der Waals surface area contributed by atoms with Crippen LogP contribution in [-0.2, 0) is 34.3 Å². The normalized spacial score (nSPS) is 14.5. The standard InChI is InChI=1S/C12H17N3O4S/c1-12(2,3)19-11(16)15-5-8-4-13-10(7-20(17)18)14-9(8)6-15/h4,20H,5-7H2,1-3H3. The molecule has 110 valence electrons. The number of rotatable bonds is 2. The highest BCUT2D eigenvalue weighted by Crippen LogP contribution is 2.22. The molecule has 0 unspecified atom stereocenters. The molecule has 0 saturated carbocycles. The SMILES string of the molecule is CC(C)(C)OC(=O)N1Cc2cnc(C[SH](=O)=O)nc2C1. The highest BCUT2D eigenvalue weighted by molar-refractivity contribution is 7.71. The molecule has 1 amide bonds. The molecule has 0 saturated heterocycles. The van der Waals surface area contributed by atoms with Gasteiger partial charge >= 0.3 is 6.09 Å². The Kier molecular flexibility index (Phi) is 3.94. The van der Waals surface area contributed by atoms with Gasteiger partial charge in [0, 0.05) is 11.8 Å². The lowest BCUT2D eigenvalue weighted by Gasteiger charge is -2.23. The highest BCUT2D eigenvalue weighted by atomic mass is 32.2. The number of hydrogen-bond acceptors (Lipinski definition) is 6. The number of fused-ring (bicyclic) bond motifs is 1. The largest absolute Gasteiger partial charge is 0.444 e. The lowest BCUT2D eigenvalue weighted by molar-refractivity contribution is 0.0240. The van der Waals surface area contributed by atoms with Crippen molar-refractivity contribution in [2.45, 2.75) is 45.2 Å². The minimum Gasteiger partial charge on any atom is -0.444 e. The van der Waals surface area contributed by atoms with Gasteiger partial charge in [-0.25, -0.2) is 23.2 Å². The lowest BCUT2D eigenvalue weighted by Crippen LogP contribution is -2.33. The van der Waals surface area contributed by atoms with Gasteiger partial charge < -0.3 is 4.74 Å². The van der Waals surface area contributed by atoms with E-state index in [4.69, 9.17) is 4.74 Å². The molecule has 0 aliphatic carbocycles. The first kappa shape index (κ1) is 14.7. The summed E-state index contributed by atoms with van der Waals surface area (Å²) in [6.45, 7) is 6.11. The monoisotopic (exact) mass is 299 g/mol. The number of hydrogen-bond donors (Lipinski definition) is 1. The van der Waals surface area contributed by atoms with E-state index in [1.165, 1.54) is 4.90 Å². The van der Waals surface area contributed by atoms with Crippen molar-refractivity contribution in [2.24, 2.45) is 0 Å². The molecule has 0 radical (unpaired) electrons. The zero-order chi connectivity index (χ0) is 14.9. The Morgan fingerprint density at radius 2 is 2.10 bits per heavy atom. The molecule has 0 spiro atoms. The highest BCUT2D eigenvalue weighted by Gasteiger charge is 2.29. The second-order valence-electron chi connectivity index (χ2n) is 5.59. The zero-order valence-electron chi connectivity index (χ0n) is 11.6. The van der Waals surface area contributed by atoms with Crippen LogP contribution in [0.25, 0.3) is 0 Å². The maximum absolute atomic E-state index is 12.0. The van der Waals surface area contributed by atoms with Crippen LogP contribution in [0.5, 0.6) is 0 Å². The molecule has 7 nitrogen and oxygen atoms in total. The van der Waals surface area contributed by atoms with E-state index in [0.29, 0.717) is 18.8 Å². The summed E-state index contributed by atoms with van der Waals surface area (Å²) in [7, 11) is -2.56. The molecule has 0 N–H and O–H groups in total. The molecule has 20 heavy (non-hydrogen) atoms. The number of thiol groups is 1. The van der Waals surface area contributed by atoms with Crippen LogP contribution in [0.1, 0.15) is 37.9 Å². The predicted octanol–water partition coefficient (Wildman–Crippen LogP) is 0.839. The van der Waals surface area contributed by atoms with Gasteiger partial charge in [0.1, 0.15) is 27.9 Å². The molecule has 1 aliphatic rings. The molecule has 0 fully saturated rings. The molecule has 2 heterocycles. The van der Waals surface area contributed by atoms with Gasteiger partial charge in [-0.15, -0.1) is 0 Å². The van der Waals surface area contributed by atoms with E-state index in [2.05, 4.69) is 9.97 Å². The van der Waals surface area contributed by atoms with Crippen LogP contribution in [0.2, 0.25) is 0 Å². The van der Waals surface area contributed by atoms with Crippen LogP contribution in [0.3, 0.4) is 0 Å². The molecule has 2 rings (SSSR count). The Morgan fingerprint density at radius 1 is 1.40 bits per heavy atom. The van der Waals surface area contributed by atoms with Crippen molar-refractivity contribution in [3.63, 3.8) is 0 Å². The number of carbonyl (C=O) groups is 1. The number of ether oxygens (including phenoxy) is 1. The van der Waals surface area contributed by atoms with Crippen molar-refractivity contribution >= 4 is 16.8 Å². The van der Waals surface area contributed by atoms with Gasteiger partial charge in [-0.05, 0) is 20.8 Å². The summed E-state index contributed by atoms with van der Waals surface area (Å²) in [5.74, 6) is 0.0700. The summed E-state index contributed by atoms with van der Waals surface area (Å²) in [6, 6.07) is 0. The predicted molar refractivity (Wildman–Crippen MR) is 71.5 cm³/mol. The molecule has 8 heteroatoms. The summed E-state index contributed by atoms with van der Waals surface area (Å²) < 4.78 is 26.6. The smallest absolute Gasteiger partial charge is 0.410 e. The molecular weight excluding hydrogens is 282 g/mol. The first-order valence-electron chi connectivity index (χ1n) is 6.18. The quantitative estimate of drug-likeness (QED) is 0.814. The van der Waals surface area contributed by atoms with E-state index in [1.807, 2.05) is 0 Å². The first-order chi connectivity index (χ1) is 9.24. The fourth-order valence-electron chi connectivity index (χ4n) is 1.84. The summed E-state index contributed by atoms with van der Waals surface area (Å²) in [5.41, 5.74) is 0.947. The zero-order valence-corrected chi connectivity index (χ0v) is 12.5. The Labute approximate surface area is 118 Å². The van der Waals surface area contributed by atoms with Crippen LogP contribution in [-0.4, -0.2) is 35.0 Å². The van der Waals surface area contributed by atoms with Crippen LogP contribution in [0.15, 0.2) is 6.20 Å². The minimum absolute atomic E-state index is 0.185. The molecule has 1 aromatic heterocycles. The van der Waals surface area contributed by atoms with Crippen molar-refractivity contribution < 1.29 is 17.9 Å². The van der Waals surface area contributed by atoms with Gasteiger partial charge in [-0.1, -0.05) is 0 Å². The summed E-state index contributed by atoms with van der Waals surface area (Å²) in [5, 5.41) is 0. The molecule has 0 aromatic carbocycles. The number of aromatic nitrogens is 2. The fraction of sp³-hybridized carbons (Fsp3) is 0.583. The first-order valence-corrected chi connectivity index (χ1v) is 7.54. The molecule has 0 atom stereocenters. The lowest BCUT2D eigenvalue weighted by atomic mass is 10.2. The van der Waals surface area contributed by atoms with Crippen molar-refractivity contribution in [1.82, 2.24) is 14.9 Å². The molecule has 1 aliphatic heterocycles. The van der Waals surface area contributed by atoms with E-state index < -0.39 is 22.4 Å². The third kappa shape index (κ3) is 3.66.